The number of rotatable bonds is 4. The van der Waals surface area contributed by atoms with Crippen molar-refractivity contribution in [2.75, 3.05) is 26.3 Å². The Bertz CT molecular complexity index is 959. The minimum absolute atomic E-state index is 0.194. The summed E-state index contributed by atoms with van der Waals surface area (Å²) in [4.78, 5) is 8.77. The van der Waals surface area contributed by atoms with Gasteiger partial charge in [-0.1, -0.05) is 0 Å². The topological polar surface area (TPSA) is 90.9 Å². The van der Waals surface area contributed by atoms with Crippen LogP contribution in [0.2, 0.25) is 0 Å². The number of ether oxygens (including phenoxy) is 3. The van der Waals surface area contributed by atoms with E-state index < -0.39 is 10.0 Å². The summed E-state index contributed by atoms with van der Waals surface area (Å²) < 4.78 is 44.6. The molecule has 3 heterocycles. The minimum atomic E-state index is -3.66. The molecule has 1 saturated heterocycles. The van der Waals surface area contributed by atoms with Gasteiger partial charge in [-0.25, -0.2) is 18.4 Å². The molecule has 0 radical (unpaired) electrons. The number of sulfonamides is 1. The third kappa shape index (κ3) is 3.90. The van der Waals surface area contributed by atoms with E-state index in [0.717, 1.165) is 17.8 Å². The fourth-order valence-corrected chi connectivity index (χ4v) is 4.97. The maximum atomic E-state index is 13.1. The molecular formula is C19H23N3O5S. The standard InChI is InChI=1S/C19H23N3O5S/c1-13-10-14(2)21-19(20-13)27-15-4-3-7-22(12-15)28(23,24)16-5-6-17-18(11-16)26-9-8-25-17/h5-6,10-11,15H,3-4,7-9,12H2,1-2H3. The van der Waals surface area contributed by atoms with Gasteiger partial charge in [0.05, 0.1) is 11.4 Å². The van der Waals surface area contributed by atoms with E-state index in [1.807, 2.05) is 19.9 Å². The maximum absolute atomic E-state index is 13.1. The predicted octanol–water partition coefficient (Wildman–Crippen LogP) is 2.10. The highest BCUT2D eigenvalue weighted by atomic mass is 32.2. The molecule has 2 aliphatic rings. The molecule has 0 spiro atoms. The molecule has 8 nitrogen and oxygen atoms in total. The van der Waals surface area contributed by atoms with Gasteiger partial charge in [0.25, 0.3) is 0 Å². The molecule has 2 aliphatic heterocycles. The first-order valence-corrected chi connectivity index (χ1v) is 10.7. The number of nitrogens with zero attached hydrogens (tertiary/aromatic N) is 3. The molecular weight excluding hydrogens is 382 g/mol. The van der Waals surface area contributed by atoms with Crippen molar-refractivity contribution in [2.24, 2.45) is 0 Å². The van der Waals surface area contributed by atoms with Gasteiger partial charge in [0, 0.05) is 24.0 Å². The predicted molar refractivity (Wildman–Crippen MR) is 101 cm³/mol. The van der Waals surface area contributed by atoms with Crippen molar-refractivity contribution in [3.63, 3.8) is 0 Å². The van der Waals surface area contributed by atoms with E-state index in [1.54, 1.807) is 12.1 Å². The lowest BCUT2D eigenvalue weighted by Gasteiger charge is -2.31. The number of fused-ring (bicyclic) bond motifs is 1. The molecule has 1 fully saturated rings. The van der Waals surface area contributed by atoms with Gasteiger partial charge in [0.1, 0.15) is 19.3 Å². The molecule has 0 bridgehead atoms. The van der Waals surface area contributed by atoms with Crippen LogP contribution in [0, 0.1) is 13.8 Å². The summed E-state index contributed by atoms with van der Waals surface area (Å²) in [6.07, 6.45) is 1.17. The van der Waals surface area contributed by atoms with Crippen molar-refractivity contribution in [1.82, 2.24) is 14.3 Å². The van der Waals surface area contributed by atoms with Crippen LogP contribution in [0.15, 0.2) is 29.2 Å². The van der Waals surface area contributed by atoms with Gasteiger partial charge in [0.2, 0.25) is 10.0 Å². The monoisotopic (exact) mass is 405 g/mol. The lowest BCUT2D eigenvalue weighted by atomic mass is 10.1. The third-order valence-corrected chi connectivity index (χ3v) is 6.59. The average Bonchev–Trinajstić information content (AvgIpc) is 2.67. The first-order chi connectivity index (χ1) is 13.4. The zero-order valence-electron chi connectivity index (χ0n) is 15.9. The molecule has 1 aromatic heterocycles. The van der Waals surface area contributed by atoms with Crippen molar-refractivity contribution < 1.29 is 22.6 Å². The number of benzene rings is 1. The highest BCUT2D eigenvalue weighted by Gasteiger charge is 2.32. The third-order valence-electron chi connectivity index (χ3n) is 4.73. The summed E-state index contributed by atoms with van der Waals surface area (Å²) in [7, 11) is -3.66. The lowest BCUT2D eigenvalue weighted by Crippen LogP contribution is -2.44. The zero-order chi connectivity index (χ0) is 19.7. The van der Waals surface area contributed by atoms with E-state index >= 15 is 0 Å². The molecule has 2 aromatic rings. The van der Waals surface area contributed by atoms with E-state index in [4.69, 9.17) is 14.2 Å². The smallest absolute Gasteiger partial charge is 0.317 e. The van der Waals surface area contributed by atoms with E-state index in [2.05, 4.69) is 9.97 Å². The van der Waals surface area contributed by atoms with Gasteiger partial charge in [-0.3, -0.25) is 0 Å². The van der Waals surface area contributed by atoms with Crippen LogP contribution in [0.5, 0.6) is 17.5 Å². The maximum Gasteiger partial charge on any atom is 0.317 e. The zero-order valence-corrected chi connectivity index (χ0v) is 16.7. The van der Waals surface area contributed by atoms with Gasteiger partial charge < -0.3 is 14.2 Å². The molecule has 9 heteroatoms. The van der Waals surface area contributed by atoms with Crippen LogP contribution in [0.1, 0.15) is 24.2 Å². The van der Waals surface area contributed by atoms with Crippen molar-refractivity contribution >= 4 is 10.0 Å². The molecule has 0 aliphatic carbocycles. The van der Waals surface area contributed by atoms with E-state index in [9.17, 15) is 8.42 Å². The summed E-state index contributed by atoms with van der Waals surface area (Å²) in [6.45, 7) is 5.33. The van der Waals surface area contributed by atoms with E-state index in [0.29, 0.717) is 43.7 Å². The van der Waals surface area contributed by atoms with Gasteiger partial charge in [-0.05, 0) is 44.9 Å². The van der Waals surface area contributed by atoms with Gasteiger partial charge in [-0.15, -0.1) is 0 Å². The molecule has 1 aromatic carbocycles. The van der Waals surface area contributed by atoms with Crippen LogP contribution >= 0.6 is 0 Å². The Morgan fingerprint density at radius 3 is 2.54 bits per heavy atom. The highest BCUT2D eigenvalue weighted by Crippen LogP contribution is 2.33. The van der Waals surface area contributed by atoms with Crippen molar-refractivity contribution in [1.29, 1.82) is 0 Å². The highest BCUT2D eigenvalue weighted by molar-refractivity contribution is 7.89. The molecule has 0 N–H and O–H groups in total. The largest absolute Gasteiger partial charge is 0.486 e. The first kappa shape index (κ1) is 18.9. The summed E-state index contributed by atoms with van der Waals surface area (Å²) in [6, 6.07) is 6.89. The van der Waals surface area contributed by atoms with Crippen LogP contribution in [0.3, 0.4) is 0 Å². The lowest BCUT2D eigenvalue weighted by molar-refractivity contribution is 0.118. The second-order valence-corrected chi connectivity index (χ2v) is 8.92. The van der Waals surface area contributed by atoms with Gasteiger partial charge in [0.15, 0.2) is 11.5 Å². The fraction of sp³-hybridized carbons (Fsp3) is 0.474. The second-order valence-electron chi connectivity index (χ2n) is 6.98. The Hall–Kier alpha value is -2.39. The van der Waals surface area contributed by atoms with Crippen molar-refractivity contribution in [3.8, 4) is 17.5 Å². The summed E-state index contributed by atoms with van der Waals surface area (Å²) in [5.74, 6) is 1.03. The molecule has 0 amide bonds. The van der Waals surface area contributed by atoms with Crippen molar-refractivity contribution in [3.05, 3.63) is 35.7 Å². The number of aryl methyl sites for hydroxylation is 2. The SMILES string of the molecule is Cc1cc(C)nc(OC2CCCN(S(=O)(=O)c3ccc4c(c3)OCCO4)C2)n1. The number of hydrogen-bond acceptors (Lipinski definition) is 7. The molecule has 4 rings (SSSR count). The summed E-state index contributed by atoms with van der Waals surface area (Å²) in [5.41, 5.74) is 1.64. The molecule has 1 atom stereocenters. The Morgan fingerprint density at radius 1 is 1.07 bits per heavy atom. The molecule has 28 heavy (non-hydrogen) atoms. The first-order valence-electron chi connectivity index (χ1n) is 9.30. The van der Waals surface area contributed by atoms with Gasteiger partial charge >= 0.3 is 6.01 Å². The number of aromatic nitrogens is 2. The molecule has 1 unspecified atom stereocenters. The van der Waals surface area contributed by atoms with Crippen LogP contribution in [0.4, 0.5) is 0 Å². The normalized spacial score (nSPS) is 20.0. The Labute approximate surface area is 164 Å². The average molecular weight is 405 g/mol. The van der Waals surface area contributed by atoms with E-state index in [-0.39, 0.29) is 17.5 Å². The van der Waals surface area contributed by atoms with Crippen LogP contribution < -0.4 is 14.2 Å². The number of piperidine rings is 1. The van der Waals surface area contributed by atoms with Crippen LogP contribution in [-0.4, -0.2) is 55.1 Å². The Morgan fingerprint density at radius 2 is 1.79 bits per heavy atom. The second kappa shape index (κ2) is 7.56. The number of hydrogen-bond donors (Lipinski definition) is 0. The fourth-order valence-electron chi connectivity index (χ4n) is 3.45. The van der Waals surface area contributed by atoms with E-state index in [1.165, 1.54) is 10.4 Å². The quantitative estimate of drug-likeness (QED) is 0.769. The summed E-state index contributed by atoms with van der Waals surface area (Å²) in [5, 5.41) is 0. The Balaban J connectivity index is 1.51. The van der Waals surface area contributed by atoms with Gasteiger partial charge in [-0.2, -0.15) is 4.31 Å². The summed E-state index contributed by atoms with van der Waals surface area (Å²) >= 11 is 0. The Kier molecular flexibility index (Phi) is 5.11. The van der Waals surface area contributed by atoms with Crippen LogP contribution in [0.25, 0.3) is 0 Å². The van der Waals surface area contributed by atoms with Crippen LogP contribution in [-0.2, 0) is 10.0 Å². The molecule has 0 saturated carbocycles. The molecule has 150 valence electrons. The van der Waals surface area contributed by atoms with Crippen molar-refractivity contribution in [2.45, 2.75) is 37.7 Å². The minimum Gasteiger partial charge on any atom is -0.486 e.